The Kier molecular flexibility index (Phi) is 4.61. The van der Waals surface area contributed by atoms with Crippen molar-refractivity contribution in [3.63, 3.8) is 0 Å². The second-order valence-electron chi connectivity index (χ2n) is 4.23. The van der Waals surface area contributed by atoms with Gasteiger partial charge in [0.05, 0.1) is 7.11 Å². The summed E-state index contributed by atoms with van der Waals surface area (Å²) in [5.41, 5.74) is 6.42. The lowest BCUT2D eigenvalue weighted by molar-refractivity contribution is 0.295. The normalized spacial score (nSPS) is 11.2. The van der Waals surface area contributed by atoms with Gasteiger partial charge >= 0.3 is 0 Å². The Morgan fingerprint density at radius 1 is 1.24 bits per heavy atom. The van der Waals surface area contributed by atoms with E-state index in [0.717, 1.165) is 0 Å². The number of halogens is 1. The number of hydrogen-bond acceptors (Lipinski definition) is 4. The van der Waals surface area contributed by atoms with Gasteiger partial charge in [-0.3, -0.25) is 0 Å². The molecule has 0 saturated heterocycles. The molecule has 0 saturated carbocycles. The molecule has 0 atom stereocenters. The third-order valence-corrected chi connectivity index (χ3v) is 2.92. The van der Waals surface area contributed by atoms with Crippen molar-refractivity contribution in [1.82, 2.24) is 0 Å². The lowest BCUT2D eigenvalue weighted by Crippen LogP contribution is -2.12. The lowest BCUT2D eigenvalue weighted by Gasteiger charge is -2.09. The monoisotopic (exact) mass is 290 g/mol. The van der Waals surface area contributed by atoms with Gasteiger partial charge in [0.1, 0.15) is 12.4 Å². The number of amidine groups is 1. The highest BCUT2D eigenvalue weighted by atomic mass is 19.1. The highest BCUT2D eigenvalue weighted by Gasteiger charge is 2.09. The van der Waals surface area contributed by atoms with Gasteiger partial charge in [-0.2, -0.15) is 0 Å². The number of nitrogens with two attached hydrogens (primary N) is 1. The first-order valence-electron chi connectivity index (χ1n) is 6.18. The minimum atomic E-state index is -0.437. The summed E-state index contributed by atoms with van der Waals surface area (Å²) < 4.78 is 24.3. The van der Waals surface area contributed by atoms with Gasteiger partial charge in [-0.15, -0.1) is 0 Å². The van der Waals surface area contributed by atoms with Crippen LogP contribution in [-0.2, 0) is 6.61 Å². The molecule has 2 aromatic rings. The maximum absolute atomic E-state index is 13.9. The molecule has 0 fully saturated rings. The molecule has 0 aromatic heterocycles. The molecule has 0 radical (unpaired) electrons. The smallest absolute Gasteiger partial charge is 0.171 e. The topological polar surface area (TPSA) is 77.1 Å². The van der Waals surface area contributed by atoms with Crippen LogP contribution in [0.2, 0.25) is 0 Å². The molecule has 2 rings (SSSR count). The van der Waals surface area contributed by atoms with E-state index in [-0.39, 0.29) is 18.2 Å². The summed E-state index contributed by atoms with van der Waals surface area (Å²) in [7, 11) is 1.41. The highest BCUT2D eigenvalue weighted by Crippen LogP contribution is 2.21. The predicted molar refractivity (Wildman–Crippen MR) is 76.2 cm³/mol. The number of rotatable bonds is 5. The van der Waals surface area contributed by atoms with Crippen molar-refractivity contribution in [3.8, 4) is 11.5 Å². The quantitative estimate of drug-likeness (QED) is 0.384. The van der Waals surface area contributed by atoms with Crippen molar-refractivity contribution in [2.45, 2.75) is 6.61 Å². The molecule has 0 aliphatic rings. The summed E-state index contributed by atoms with van der Waals surface area (Å²) in [5.74, 6) is 0.304. The van der Waals surface area contributed by atoms with Gasteiger partial charge in [-0.25, -0.2) is 4.39 Å². The number of hydrogen-bond donors (Lipinski definition) is 2. The number of ether oxygens (including phenoxy) is 2. The Labute approximate surface area is 121 Å². The van der Waals surface area contributed by atoms with Gasteiger partial charge in [-0.1, -0.05) is 17.3 Å². The summed E-state index contributed by atoms with van der Waals surface area (Å²) >= 11 is 0. The molecule has 2 aromatic carbocycles. The van der Waals surface area contributed by atoms with Gasteiger partial charge in [0.2, 0.25) is 0 Å². The zero-order valence-corrected chi connectivity index (χ0v) is 11.4. The first-order chi connectivity index (χ1) is 10.2. The van der Waals surface area contributed by atoms with E-state index in [9.17, 15) is 4.39 Å². The summed E-state index contributed by atoms with van der Waals surface area (Å²) in [6, 6.07) is 11.5. The van der Waals surface area contributed by atoms with E-state index in [2.05, 4.69) is 5.16 Å². The fraction of sp³-hybridized carbons (Fsp3) is 0.133. The Morgan fingerprint density at radius 3 is 2.57 bits per heavy atom. The SMILES string of the molecule is COc1cccc(COc2ccc(/C(N)=N/O)cc2)c1F. The zero-order chi connectivity index (χ0) is 15.2. The van der Waals surface area contributed by atoms with E-state index in [1.165, 1.54) is 7.11 Å². The minimum Gasteiger partial charge on any atom is -0.494 e. The van der Waals surface area contributed by atoms with Crippen molar-refractivity contribution >= 4 is 5.84 Å². The third kappa shape index (κ3) is 3.42. The van der Waals surface area contributed by atoms with Crippen molar-refractivity contribution in [2.24, 2.45) is 10.9 Å². The summed E-state index contributed by atoms with van der Waals surface area (Å²) in [6.45, 7) is 0.0753. The van der Waals surface area contributed by atoms with Crippen molar-refractivity contribution in [3.05, 3.63) is 59.4 Å². The molecule has 21 heavy (non-hydrogen) atoms. The van der Waals surface area contributed by atoms with Crippen LogP contribution in [0.4, 0.5) is 4.39 Å². The second-order valence-corrected chi connectivity index (χ2v) is 4.23. The molecule has 0 unspecified atom stereocenters. The number of oxime groups is 1. The summed E-state index contributed by atoms with van der Waals surface area (Å²) in [4.78, 5) is 0. The van der Waals surface area contributed by atoms with Crippen LogP contribution >= 0.6 is 0 Å². The molecule has 0 aliphatic carbocycles. The first-order valence-corrected chi connectivity index (χ1v) is 6.18. The van der Waals surface area contributed by atoms with Crippen LogP contribution < -0.4 is 15.2 Å². The van der Waals surface area contributed by atoms with Crippen LogP contribution in [0.25, 0.3) is 0 Å². The number of benzene rings is 2. The predicted octanol–water partition coefficient (Wildman–Crippen LogP) is 2.51. The number of methoxy groups -OCH3 is 1. The van der Waals surface area contributed by atoms with Crippen molar-refractivity contribution in [1.29, 1.82) is 0 Å². The molecule has 5 nitrogen and oxygen atoms in total. The van der Waals surface area contributed by atoms with Gasteiger partial charge in [0.25, 0.3) is 0 Å². The first kappa shape index (κ1) is 14.6. The van der Waals surface area contributed by atoms with Crippen LogP contribution in [0.5, 0.6) is 11.5 Å². The molecule has 0 aliphatic heterocycles. The van der Waals surface area contributed by atoms with Crippen LogP contribution in [-0.4, -0.2) is 18.2 Å². The van der Waals surface area contributed by atoms with E-state index in [0.29, 0.717) is 16.9 Å². The zero-order valence-electron chi connectivity index (χ0n) is 11.4. The minimum absolute atomic E-state index is 0.0143. The fourth-order valence-electron chi connectivity index (χ4n) is 1.77. The maximum Gasteiger partial charge on any atom is 0.171 e. The third-order valence-electron chi connectivity index (χ3n) is 2.92. The lowest BCUT2D eigenvalue weighted by atomic mass is 10.2. The summed E-state index contributed by atoms with van der Waals surface area (Å²) in [5, 5.41) is 11.5. The molecule has 6 heteroatoms. The van der Waals surface area contributed by atoms with Crippen LogP contribution in [0.1, 0.15) is 11.1 Å². The van der Waals surface area contributed by atoms with E-state index in [4.69, 9.17) is 20.4 Å². The van der Waals surface area contributed by atoms with Gasteiger partial charge in [-0.05, 0) is 30.3 Å². The molecule has 3 N–H and O–H groups in total. The van der Waals surface area contributed by atoms with E-state index < -0.39 is 5.82 Å². The second kappa shape index (κ2) is 6.60. The molecule has 110 valence electrons. The van der Waals surface area contributed by atoms with E-state index in [1.54, 1.807) is 42.5 Å². The van der Waals surface area contributed by atoms with Gasteiger partial charge in [0.15, 0.2) is 17.4 Å². The average molecular weight is 290 g/mol. The summed E-state index contributed by atoms with van der Waals surface area (Å²) in [6.07, 6.45) is 0. The van der Waals surface area contributed by atoms with Crippen LogP contribution in [0.3, 0.4) is 0 Å². The molecular weight excluding hydrogens is 275 g/mol. The fourth-order valence-corrected chi connectivity index (χ4v) is 1.77. The largest absolute Gasteiger partial charge is 0.494 e. The van der Waals surface area contributed by atoms with Crippen molar-refractivity contribution in [2.75, 3.05) is 7.11 Å². The average Bonchev–Trinajstić information content (AvgIpc) is 2.53. The van der Waals surface area contributed by atoms with E-state index in [1.807, 2.05) is 0 Å². The molecule has 0 amide bonds. The standard InChI is InChI=1S/C15H15FN2O3/c1-20-13-4-2-3-11(14(13)16)9-21-12-7-5-10(6-8-12)15(17)18-19/h2-8,19H,9H2,1H3,(H2,17,18). The van der Waals surface area contributed by atoms with E-state index >= 15 is 0 Å². The maximum atomic E-state index is 13.9. The molecule has 0 bridgehead atoms. The Morgan fingerprint density at radius 2 is 1.95 bits per heavy atom. The molecule has 0 heterocycles. The van der Waals surface area contributed by atoms with Gasteiger partial charge in [0, 0.05) is 11.1 Å². The Hall–Kier alpha value is -2.76. The molecular formula is C15H15FN2O3. The van der Waals surface area contributed by atoms with Crippen molar-refractivity contribution < 1.29 is 19.1 Å². The Balaban J connectivity index is 2.07. The Bertz CT molecular complexity index is 642. The van der Waals surface area contributed by atoms with Gasteiger partial charge < -0.3 is 20.4 Å². The molecule has 0 spiro atoms. The van der Waals surface area contributed by atoms with Crippen LogP contribution in [0.15, 0.2) is 47.6 Å². The highest BCUT2D eigenvalue weighted by molar-refractivity contribution is 5.97. The van der Waals surface area contributed by atoms with Crippen LogP contribution in [0, 0.1) is 5.82 Å². The number of nitrogens with zero attached hydrogens (tertiary/aromatic N) is 1.